The van der Waals surface area contributed by atoms with Crippen LogP contribution in [0.15, 0.2) is 18.3 Å². The van der Waals surface area contributed by atoms with Crippen LogP contribution >= 0.6 is 0 Å². The highest BCUT2D eigenvalue weighted by molar-refractivity contribution is 6.23. The van der Waals surface area contributed by atoms with Crippen molar-refractivity contribution in [1.82, 2.24) is 10.3 Å². The van der Waals surface area contributed by atoms with Crippen LogP contribution in [0, 0.1) is 0 Å². The van der Waals surface area contributed by atoms with Crippen LogP contribution in [0.1, 0.15) is 38.0 Å². The van der Waals surface area contributed by atoms with Crippen molar-refractivity contribution in [1.29, 1.82) is 0 Å². The summed E-state index contributed by atoms with van der Waals surface area (Å²) in [4.78, 5) is 37.2. The average molecular weight is 228 g/mol. The van der Waals surface area contributed by atoms with E-state index >= 15 is 0 Å². The molecule has 2 N–H and O–H groups in total. The van der Waals surface area contributed by atoms with E-state index in [0.29, 0.717) is 27.6 Å². The third-order valence-corrected chi connectivity index (χ3v) is 2.92. The number of amides is 2. The number of imide groups is 1. The number of hydrogen-bond acceptors (Lipinski definition) is 3. The molecule has 0 fully saturated rings. The predicted octanol–water partition coefficient (Wildman–Crippen LogP) is 1.25. The van der Waals surface area contributed by atoms with Gasteiger partial charge in [-0.2, -0.15) is 0 Å². The summed E-state index contributed by atoms with van der Waals surface area (Å²) in [7, 11) is 0. The molecule has 0 aliphatic carbocycles. The Morgan fingerprint density at radius 2 is 1.76 bits per heavy atom. The van der Waals surface area contributed by atoms with Gasteiger partial charge in [-0.3, -0.25) is 19.7 Å². The van der Waals surface area contributed by atoms with Crippen molar-refractivity contribution in [3.05, 3.63) is 35.0 Å². The standard InChI is InChI=1S/C12H8N2O3/c1-5(15)9-4-13-10-3-8-7(2-6(9)10)11(16)14-12(8)17/h2-4,13H,1H3,(H,14,16,17). The van der Waals surface area contributed by atoms with E-state index in [4.69, 9.17) is 0 Å². The summed E-state index contributed by atoms with van der Waals surface area (Å²) in [6.07, 6.45) is 1.59. The Morgan fingerprint density at radius 1 is 1.12 bits per heavy atom. The molecule has 2 amide bonds. The fraction of sp³-hybridized carbons (Fsp3) is 0.0833. The quantitative estimate of drug-likeness (QED) is 0.569. The smallest absolute Gasteiger partial charge is 0.259 e. The first-order chi connectivity index (χ1) is 8.08. The first-order valence-electron chi connectivity index (χ1n) is 5.09. The van der Waals surface area contributed by atoms with Gasteiger partial charge in [-0.15, -0.1) is 0 Å². The van der Waals surface area contributed by atoms with E-state index in [-0.39, 0.29) is 5.78 Å². The highest BCUT2D eigenvalue weighted by Crippen LogP contribution is 2.25. The Hall–Kier alpha value is -2.43. The monoisotopic (exact) mass is 228 g/mol. The summed E-state index contributed by atoms with van der Waals surface area (Å²) >= 11 is 0. The predicted molar refractivity (Wildman–Crippen MR) is 60.1 cm³/mol. The van der Waals surface area contributed by atoms with Crippen LogP contribution in [0.3, 0.4) is 0 Å². The van der Waals surface area contributed by atoms with E-state index in [9.17, 15) is 14.4 Å². The van der Waals surface area contributed by atoms with E-state index in [0.717, 1.165) is 0 Å². The maximum absolute atomic E-state index is 11.5. The van der Waals surface area contributed by atoms with Crippen LogP contribution in [-0.4, -0.2) is 22.6 Å². The topological polar surface area (TPSA) is 79.0 Å². The molecule has 3 rings (SSSR count). The van der Waals surface area contributed by atoms with Crippen molar-refractivity contribution in [2.75, 3.05) is 0 Å². The molecule has 2 aromatic rings. The SMILES string of the molecule is CC(=O)c1c[nH]c2cc3c(cc12)C(=O)NC3=O. The largest absolute Gasteiger partial charge is 0.360 e. The van der Waals surface area contributed by atoms with Gasteiger partial charge < -0.3 is 4.98 Å². The van der Waals surface area contributed by atoms with Gasteiger partial charge in [-0.05, 0) is 19.1 Å². The Balaban J connectivity index is 2.37. The van der Waals surface area contributed by atoms with E-state index < -0.39 is 11.8 Å². The summed E-state index contributed by atoms with van der Waals surface area (Å²) in [5, 5.41) is 2.89. The fourth-order valence-corrected chi connectivity index (χ4v) is 2.07. The maximum Gasteiger partial charge on any atom is 0.259 e. The summed E-state index contributed by atoms with van der Waals surface area (Å²) in [5.74, 6) is -0.894. The second-order valence-corrected chi connectivity index (χ2v) is 3.99. The van der Waals surface area contributed by atoms with Crippen LogP contribution in [0.5, 0.6) is 0 Å². The number of hydrogen-bond donors (Lipinski definition) is 2. The number of carbonyl (C=O) groups is 3. The molecule has 1 aliphatic rings. The molecule has 0 spiro atoms. The normalized spacial score (nSPS) is 13.9. The van der Waals surface area contributed by atoms with Crippen molar-refractivity contribution in [2.24, 2.45) is 0 Å². The van der Waals surface area contributed by atoms with Gasteiger partial charge in [0, 0.05) is 22.7 Å². The number of rotatable bonds is 1. The number of carbonyl (C=O) groups excluding carboxylic acids is 3. The fourth-order valence-electron chi connectivity index (χ4n) is 2.07. The number of aromatic amines is 1. The minimum Gasteiger partial charge on any atom is -0.360 e. The summed E-state index contributed by atoms with van der Waals surface area (Å²) in [6, 6.07) is 3.18. The lowest BCUT2D eigenvalue weighted by Gasteiger charge is -1.97. The number of H-pyrrole nitrogens is 1. The second kappa shape index (κ2) is 3.04. The third kappa shape index (κ3) is 1.22. The number of benzene rings is 1. The van der Waals surface area contributed by atoms with Gasteiger partial charge >= 0.3 is 0 Å². The van der Waals surface area contributed by atoms with Gasteiger partial charge in [0.05, 0.1) is 11.1 Å². The van der Waals surface area contributed by atoms with Gasteiger partial charge in [0.15, 0.2) is 5.78 Å². The van der Waals surface area contributed by atoms with Crippen molar-refractivity contribution in [3.8, 4) is 0 Å². The molecule has 1 aromatic heterocycles. The molecule has 0 bridgehead atoms. The van der Waals surface area contributed by atoms with Crippen LogP contribution in [0.4, 0.5) is 0 Å². The van der Waals surface area contributed by atoms with Gasteiger partial charge in [-0.25, -0.2) is 0 Å². The highest BCUT2D eigenvalue weighted by atomic mass is 16.2. The van der Waals surface area contributed by atoms with Gasteiger partial charge in [0.25, 0.3) is 11.8 Å². The molecule has 84 valence electrons. The Kier molecular flexibility index (Phi) is 1.75. The van der Waals surface area contributed by atoms with Crippen LogP contribution in [-0.2, 0) is 0 Å². The van der Waals surface area contributed by atoms with Crippen molar-refractivity contribution in [3.63, 3.8) is 0 Å². The van der Waals surface area contributed by atoms with E-state index in [1.54, 1.807) is 18.3 Å². The number of nitrogens with one attached hydrogen (secondary N) is 2. The summed E-state index contributed by atoms with van der Waals surface area (Å²) < 4.78 is 0. The Labute approximate surface area is 95.8 Å². The maximum atomic E-state index is 11.5. The van der Waals surface area contributed by atoms with Crippen molar-refractivity contribution >= 4 is 28.5 Å². The molecule has 1 aliphatic heterocycles. The van der Waals surface area contributed by atoms with Gasteiger partial charge in [0.2, 0.25) is 0 Å². The third-order valence-electron chi connectivity index (χ3n) is 2.92. The zero-order valence-electron chi connectivity index (χ0n) is 8.96. The Morgan fingerprint density at radius 3 is 2.41 bits per heavy atom. The number of ketones is 1. The molecule has 5 heteroatoms. The van der Waals surface area contributed by atoms with Crippen LogP contribution in [0.25, 0.3) is 10.9 Å². The molecule has 0 saturated carbocycles. The molecule has 0 atom stereocenters. The van der Waals surface area contributed by atoms with E-state index in [1.807, 2.05) is 0 Å². The average Bonchev–Trinajstić information content (AvgIpc) is 2.79. The van der Waals surface area contributed by atoms with E-state index in [2.05, 4.69) is 10.3 Å². The zero-order valence-corrected chi connectivity index (χ0v) is 8.96. The van der Waals surface area contributed by atoms with Crippen LogP contribution < -0.4 is 5.32 Å². The number of fused-ring (bicyclic) bond motifs is 2. The first-order valence-corrected chi connectivity index (χ1v) is 5.09. The van der Waals surface area contributed by atoms with Crippen molar-refractivity contribution < 1.29 is 14.4 Å². The first kappa shape index (κ1) is 9.77. The highest BCUT2D eigenvalue weighted by Gasteiger charge is 2.28. The van der Waals surface area contributed by atoms with E-state index in [1.165, 1.54) is 6.92 Å². The molecule has 2 heterocycles. The molecule has 0 saturated heterocycles. The Bertz CT molecular complexity index is 697. The molecule has 0 unspecified atom stereocenters. The lowest BCUT2D eigenvalue weighted by Crippen LogP contribution is -2.19. The lowest BCUT2D eigenvalue weighted by molar-refractivity contribution is 0.0878. The minimum absolute atomic E-state index is 0.0825. The molecular formula is C12H8N2O3. The molecule has 17 heavy (non-hydrogen) atoms. The zero-order chi connectivity index (χ0) is 12.2. The van der Waals surface area contributed by atoms with Gasteiger partial charge in [-0.1, -0.05) is 0 Å². The minimum atomic E-state index is -0.414. The molecule has 0 radical (unpaired) electrons. The number of Topliss-reactive ketones (excluding diaryl/α,β-unsaturated/α-hetero) is 1. The molecular weight excluding hydrogens is 220 g/mol. The molecule has 1 aromatic carbocycles. The molecule has 5 nitrogen and oxygen atoms in total. The van der Waals surface area contributed by atoms with Crippen LogP contribution in [0.2, 0.25) is 0 Å². The van der Waals surface area contributed by atoms with Gasteiger partial charge in [0.1, 0.15) is 0 Å². The second-order valence-electron chi connectivity index (χ2n) is 3.99. The summed E-state index contributed by atoms with van der Waals surface area (Å²) in [6.45, 7) is 1.46. The summed E-state index contributed by atoms with van der Waals surface area (Å²) in [5.41, 5.74) is 1.87. The lowest BCUT2D eigenvalue weighted by atomic mass is 10.0. The van der Waals surface area contributed by atoms with Crippen molar-refractivity contribution in [2.45, 2.75) is 6.92 Å². The number of aromatic nitrogens is 1.